The van der Waals surface area contributed by atoms with Gasteiger partial charge in [-0.05, 0) is 78.7 Å². The van der Waals surface area contributed by atoms with Crippen LogP contribution in [0.15, 0.2) is 95.9 Å². The van der Waals surface area contributed by atoms with Crippen LogP contribution in [0.25, 0.3) is 0 Å². The van der Waals surface area contributed by atoms with E-state index in [9.17, 15) is 26.4 Å². The van der Waals surface area contributed by atoms with Gasteiger partial charge in [0, 0.05) is 11.6 Å². The Balaban J connectivity index is 1.43. The second-order valence-corrected chi connectivity index (χ2v) is 11.0. The normalized spacial score (nSPS) is 11.6. The van der Waals surface area contributed by atoms with Gasteiger partial charge in [0.25, 0.3) is 15.9 Å². The molecule has 1 amide bonds. The Morgan fingerprint density at radius 3 is 2.20 bits per heavy atom. The molecule has 208 valence electrons. The summed E-state index contributed by atoms with van der Waals surface area (Å²) in [5.41, 5.74) is -0.212. The first-order valence-electron chi connectivity index (χ1n) is 11.7. The van der Waals surface area contributed by atoms with Gasteiger partial charge >= 0.3 is 6.18 Å². The van der Waals surface area contributed by atoms with E-state index in [1.807, 2.05) is 0 Å². The quantitative estimate of drug-likeness (QED) is 0.205. The summed E-state index contributed by atoms with van der Waals surface area (Å²) in [4.78, 5) is 12.8. The summed E-state index contributed by atoms with van der Waals surface area (Å²) in [6, 6.07) is 21.2. The van der Waals surface area contributed by atoms with E-state index < -0.39 is 27.7 Å². The van der Waals surface area contributed by atoms with E-state index in [-0.39, 0.29) is 34.1 Å². The molecule has 40 heavy (non-hydrogen) atoms. The lowest BCUT2D eigenvalue weighted by molar-refractivity contribution is -0.137. The molecule has 0 aliphatic carbocycles. The first-order valence-corrected chi connectivity index (χ1v) is 14.0. The molecule has 0 aromatic heterocycles. The zero-order valence-corrected chi connectivity index (χ0v) is 22.8. The third-order valence-corrected chi connectivity index (χ3v) is 7.58. The molecule has 12 heteroatoms. The summed E-state index contributed by atoms with van der Waals surface area (Å²) in [5.74, 6) is 0.162. The molecule has 0 fully saturated rings. The highest BCUT2D eigenvalue weighted by atomic mass is 35.5. The van der Waals surface area contributed by atoms with Crippen LogP contribution in [0.5, 0.6) is 11.5 Å². The van der Waals surface area contributed by atoms with Crippen LogP contribution in [0.3, 0.4) is 0 Å². The monoisotopic (exact) mass is 608 g/mol. The molecule has 2 N–H and O–H groups in total. The molecule has 6 nitrogen and oxygen atoms in total. The average Bonchev–Trinajstić information content (AvgIpc) is 2.91. The second-order valence-electron chi connectivity index (χ2n) is 8.50. The average molecular weight is 609 g/mol. The Bertz CT molecular complexity index is 1610. The minimum atomic E-state index is -4.44. The van der Waals surface area contributed by atoms with Crippen LogP contribution >= 0.6 is 23.2 Å². The van der Waals surface area contributed by atoms with Crippen molar-refractivity contribution >= 4 is 44.8 Å². The minimum Gasteiger partial charge on any atom is -0.456 e. The van der Waals surface area contributed by atoms with Gasteiger partial charge < -0.3 is 10.1 Å². The Hall–Kier alpha value is -3.73. The standard InChI is InChI=1S/C28H21Cl2F3N2O4S/c29-20-9-14-25(23(17-20)27(36)34-16-15-18-5-7-19(8-6-18)28(31,32)33)35-40(37,38)22-12-10-21(11-13-22)39-26-4-2-1-3-24(26)30/h1-14,17,35H,15-16H2,(H,34,36). The number of nitrogens with one attached hydrogen (secondary N) is 2. The number of carbonyl (C=O) groups is 1. The molecule has 0 saturated heterocycles. The summed E-state index contributed by atoms with van der Waals surface area (Å²) in [7, 11) is -4.11. The van der Waals surface area contributed by atoms with E-state index in [1.54, 1.807) is 24.3 Å². The molecule has 0 saturated carbocycles. The fourth-order valence-electron chi connectivity index (χ4n) is 3.61. The van der Waals surface area contributed by atoms with Gasteiger partial charge in [-0.2, -0.15) is 13.2 Å². The zero-order chi connectivity index (χ0) is 28.9. The highest BCUT2D eigenvalue weighted by Crippen LogP contribution is 2.31. The van der Waals surface area contributed by atoms with Gasteiger partial charge in [-0.15, -0.1) is 0 Å². The van der Waals surface area contributed by atoms with Gasteiger partial charge in [0.1, 0.15) is 11.5 Å². The number of hydrogen-bond donors (Lipinski definition) is 2. The highest BCUT2D eigenvalue weighted by molar-refractivity contribution is 7.92. The predicted molar refractivity (Wildman–Crippen MR) is 148 cm³/mol. The topological polar surface area (TPSA) is 84.5 Å². The molecule has 0 atom stereocenters. The molecule has 0 unspecified atom stereocenters. The van der Waals surface area contributed by atoms with Crippen molar-refractivity contribution in [2.75, 3.05) is 11.3 Å². The van der Waals surface area contributed by atoms with Crippen molar-refractivity contribution in [1.82, 2.24) is 5.32 Å². The molecule has 0 aliphatic heterocycles. The van der Waals surface area contributed by atoms with Crippen molar-refractivity contribution in [2.24, 2.45) is 0 Å². The number of alkyl halides is 3. The van der Waals surface area contributed by atoms with Crippen molar-refractivity contribution in [3.63, 3.8) is 0 Å². The maximum Gasteiger partial charge on any atom is 0.416 e. The van der Waals surface area contributed by atoms with Crippen LogP contribution in [0.1, 0.15) is 21.5 Å². The molecular weight excluding hydrogens is 588 g/mol. The molecule has 0 heterocycles. The fourth-order valence-corrected chi connectivity index (χ4v) is 5.04. The molecule has 4 rings (SSSR count). The lowest BCUT2D eigenvalue weighted by Crippen LogP contribution is -2.27. The molecule has 4 aromatic rings. The van der Waals surface area contributed by atoms with Gasteiger partial charge in [0.15, 0.2) is 0 Å². The van der Waals surface area contributed by atoms with Crippen LogP contribution in [0.4, 0.5) is 18.9 Å². The van der Waals surface area contributed by atoms with Crippen LogP contribution in [0.2, 0.25) is 10.0 Å². The summed E-state index contributed by atoms with van der Waals surface area (Å²) >= 11 is 12.1. The first-order chi connectivity index (χ1) is 18.9. The minimum absolute atomic E-state index is 0.00664. The summed E-state index contributed by atoms with van der Waals surface area (Å²) < 4.78 is 72.5. The highest BCUT2D eigenvalue weighted by Gasteiger charge is 2.29. The number of halogens is 5. The Labute approximate surface area is 238 Å². The van der Waals surface area contributed by atoms with Gasteiger partial charge in [-0.25, -0.2) is 8.42 Å². The number of sulfonamides is 1. The SMILES string of the molecule is O=C(NCCc1ccc(C(F)(F)F)cc1)c1cc(Cl)ccc1NS(=O)(=O)c1ccc(Oc2ccccc2Cl)cc1. The predicted octanol–water partition coefficient (Wildman–Crippen LogP) is 7.58. The lowest BCUT2D eigenvalue weighted by atomic mass is 10.1. The van der Waals surface area contributed by atoms with Crippen LogP contribution in [-0.2, 0) is 22.6 Å². The third kappa shape index (κ3) is 7.47. The second kappa shape index (κ2) is 12.2. The van der Waals surface area contributed by atoms with Crippen molar-refractivity contribution in [1.29, 1.82) is 0 Å². The van der Waals surface area contributed by atoms with Crippen molar-refractivity contribution in [2.45, 2.75) is 17.5 Å². The molecule has 0 spiro atoms. The van der Waals surface area contributed by atoms with Gasteiger partial charge in [-0.3, -0.25) is 9.52 Å². The maximum absolute atomic E-state index is 13.1. The molecule has 0 radical (unpaired) electrons. The van der Waals surface area contributed by atoms with Crippen LogP contribution in [-0.4, -0.2) is 20.9 Å². The van der Waals surface area contributed by atoms with E-state index >= 15 is 0 Å². The van der Waals surface area contributed by atoms with E-state index in [1.165, 1.54) is 54.6 Å². The number of para-hydroxylation sites is 1. The Morgan fingerprint density at radius 2 is 1.55 bits per heavy atom. The molecule has 0 aliphatic rings. The fraction of sp³-hybridized carbons (Fsp3) is 0.107. The largest absolute Gasteiger partial charge is 0.456 e. The maximum atomic E-state index is 13.1. The summed E-state index contributed by atoms with van der Waals surface area (Å²) in [5, 5.41) is 3.24. The number of amides is 1. The smallest absolute Gasteiger partial charge is 0.416 e. The van der Waals surface area contributed by atoms with Gasteiger partial charge in [-0.1, -0.05) is 47.5 Å². The summed E-state index contributed by atoms with van der Waals surface area (Å²) in [6.45, 7) is 0.0930. The van der Waals surface area contributed by atoms with E-state index in [2.05, 4.69) is 10.0 Å². The van der Waals surface area contributed by atoms with Crippen LogP contribution in [0, 0.1) is 0 Å². The molecule has 4 aromatic carbocycles. The number of carbonyl (C=O) groups excluding carboxylic acids is 1. The first kappa shape index (κ1) is 29.3. The zero-order valence-electron chi connectivity index (χ0n) is 20.5. The number of benzene rings is 4. The van der Waals surface area contributed by atoms with E-state index in [4.69, 9.17) is 27.9 Å². The van der Waals surface area contributed by atoms with Crippen LogP contribution < -0.4 is 14.8 Å². The van der Waals surface area contributed by atoms with Crippen molar-refractivity contribution < 1.29 is 31.1 Å². The Kier molecular flexibility index (Phi) is 8.92. The number of anilines is 1. The third-order valence-electron chi connectivity index (χ3n) is 5.65. The van der Waals surface area contributed by atoms with E-state index in [0.29, 0.717) is 22.1 Å². The van der Waals surface area contributed by atoms with Gasteiger partial charge in [0.05, 0.1) is 26.7 Å². The molecular formula is C28H21Cl2F3N2O4S. The van der Waals surface area contributed by atoms with Crippen molar-refractivity contribution in [3.05, 3.63) is 118 Å². The molecule has 0 bridgehead atoms. The summed E-state index contributed by atoms with van der Waals surface area (Å²) in [6.07, 6.45) is -4.18. The number of hydrogen-bond acceptors (Lipinski definition) is 4. The lowest BCUT2D eigenvalue weighted by Gasteiger charge is -2.14. The number of ether oxygens (including phenoxy) is 1. The Morgan fingerprint density at radius 1 is 0.875 bits per heavy atom. The van der Waals surface area contributed by atoms with Crippen molar-refractivity contribution in [3.8, 4) is 11.5 Å². The van der Waals surface area contributed by atoms with Gasteiger partial charge in [0.2, 0.25) is 0 Å². The number of rotatable bonds is 9. The van der Waals surface area contributed by atoms with E-state index in [0.717, 1.165) is 12.1 Å².